The van der Waals surface area contributed by atoms with Crippen LogP contribution in [0.25, 0.3) is 11.0 Å². The number of anilines is 1. The monoisotopic (exact) mass is 468 g/mol. The number of carbonyl (C=O) groups excluding carboxylic acids is 1. The molecule has 0 radical (unpaired) electrons. The van der Waals surface area contributed by atoms with E-state index in [-0.39, 0.29) is 5.92 Å². The topological polar surface area (TPSA) is 86.4 Å². The van der Waals surface area contributed by atoms with E-state index < -0.39 is 0 Å². The minimum absolute atomic E-state index is 0.218. The van der Waals surface area contributed by atoms with Gasteiger partial charge in [-0.1, -0.05) is 0 Å². The van der Waals surface area contributed by atoms with Crippen molar-refractivity contribution < 1.29 is 9.53 Å². The Morgan fingerprint density at radius 1 is 1.09 bits per heavy atom. The van der Waals surface area contributed by atoms with E-state index in [1.54, 1.807) is 11.2 Å². The Bertz CT molecular complexity index is 953. The van der Waals surface area contributed by atoms with E-state index in [9.17, 15) is 4.79 Å². The van der Waals surface area contributed by atoms with E-state index >= 15 is 0 Å². The van der Waals surface area contributed by atoms with Gasteiger partial charge in [0.2, 0.25) is 5.91 Å². The second kappa shape index (κ2) is 10.6. The number of hydrogen-bond donors (Lipinski definition) is 2. The fourth-order valence-corrected chi connectivity index (χ4v) is 6.28. The number of nitrogens with zero attached hydrogens (tertiary/aromatic N) is 4. The van der Waals surface area contributed by atoms with Gasteiger partial charge in [0.15, 0.2) is 0 Å². The molecule has 1 amide bonds. The molecule has 0 aromatic carbocycles. The third-order valence-corrected chi connectivity index (χ3v) is 8.37. The molecule has 186 valence electrons. The molecule has 0 unspecified atom stereocenters. The lowest BCUT2D eigenvalue weighted by molar-refractivity contribution is -0.134. The molecule has 8 nitrogen and oxygen atoms in total. The number of fused-ring (bicyclic) bond motifs is 1. The average Bonchev–Trinajstić information content (AvgIpc) is 3.33. The van der Waals surface area contributed by atoms with E-state index in [0.29, 0.717) is 23.8 Å². The van der Waals surface area contributed by atoms with Crippen LogP contribution in [-0.2, 0) is 9.53 Å². The van der Waals surface area contributed by atoms with Crippen LogP contribution in [0, 0.1) is 11.8 Å². The summed E-state index contributed by atoms with van der Waals surface area (Å²) in [6.45, 7) is 4.77. The predicted octanol–water partition coefficient (Wildman–Crippen LogP) is 3.62. The lowest BCUT2D eigenvalue weighted by Crippen LogP contribution is -2.46. The number of nitrogens with one attached hydrogen (secondary N) is 2. The van der Waals surface area contributed by atoms with Crippen molar-refractivity contribution in [2.24, 2.45) is 11.8 Å². The maximum absolute atomic E-state index is 12.3. The van der Waals surface area contributed by atoms with Crippen LogP contribution >= 0.6 is 0 Å². The normalized spacial score (nSPS) is 25.5. The number of aromatic nitrogens is 3. The molecule has 4 heterocycles. The molecule has 2 N–H and O–H groups in total. The molecule has 0 spiro atoms. The van der Waals surface area contributed by atoms with Crippen LogP contribution in [-0.4, -0.2) is 83.6 Å². The number of carbonyl (C=O) groups is 1. The molecular formula is C26H40N6O2. The van der Waals surface area contributed by atoms with Gasteiger partial charge in [-0.3, -0.25) is 4.79 Å². The van der Waals surface area contributed by atoms with Crippen molar-refractivity contribution in [1.82, 2.24) is 24.8 Å². The summed E-state index contributed by atoms with van der Waals surface area (Å²) in [7, 11) is 3.75. The van der Waals surface area contributed by atoms with Crippen LogP contribution in [0.3, 0.4) is 0 Å². The Morgan fingerprint density at radius 2 is 1.82 bits per heavy atom. The highest BCUT2D eigenvalue weighted by Gasteiger charge is 2.32. The highest BCUT2D eigenvalue weighted by atomic mass is 16.5. The summed E-state index contributed by atoms with van der Waals surface area (Å²) in [6.07, 6.45) is 13.0. The molecule has 0 bridgehead atoms. The number of piperidine rings is 1. The molecule has 2 aromatic heterocycles. The molecule has 1 saturated carbocycles. The van der Waals surface area contributed by atoms with Gasteiger partial charge >= 0.3 is 0 Å². The Kier molecular flexibility index (Phi) is 7.34. The number of amides is 1. The van der Waals surface area contributed by atoms with Crippen LogP contribution in [0.4, 0.5) is 5.82 Å². The average molecular weight is 469 g/mol. The summed E-state index contributed by atoms with van der Waals surface area (Å²) in [4.78, 5) is 29.1. The van der Waals surface area contributed by atoms with E-state index in [1.807, 2.05) is 14.1 Å². The van der Waals surface area contributed by atoms with Gasteiger partial charge in [0.25, 0.3) is 0 Å². The Hall–Kier alpha value is -2.19. The van der Waals surface area contributed by atoms with Crippen molar-refractivity contribution in [3.63, 3.8) is 0 Å². The number of hydrogen-bond acceptors (Lipinski definition) is 6. The zero-order valence-electron chi connectivity index (χ0n) is 20.8. The van der Waals surface area contributed by atoms with Crippen molar-refractivity contribution >= 4 is 22.8 Å². The van der Waals surface area contributed by atoms with Gasteiger partial charge in [-0.15, -0.1) is 0 Å². The number of aromatic amines is 1. The summed E-state index contributed by atoms with van der Waals surface area (Å²) < 4.78 is 5.57. The third kappa shape index (κ3) is 5.08. The van der Waals surface area contributed by atoms with Crippen LogP contribution in [0.1, 0.15) is 62.8 Å². The predicted molar refractivity (Wildman–Crippen MR) is 134 cm³/mol. The lowest BCUT2D eigenvalue weighted by atomic mass is 9.84. The molecule has 3 fully saturated rings. The van der Waals surface area contributed by atoms with Gasteiger partial charge < -0.3 is 24.8 Å². The highest BCUT2D eigenvalue weighted by Crippen LogP contribution is 2.35. The van der Waals surface area contributed by atoms with Crippen molar-refractivity contribution in [2.75, 3.05) is 52.3 Å². The largest absolute Gasteiger partial charge is 0.381 e. The van der Waals surface area contributed by atoms with Gasteiger partial charge in [-0.2, -0.15) is 0 Å². The Balaban J connectivity index is 1.13. The van der Waals surface area contributed by atoms with Gasteiger partial charge in [0.1, 0.15) is 17.8 Å². The van der Waals surface area contributed by atoms with Crippen molar-refractivity contribution in [3.05, 3.63) is 18.1 Å². The first-order valence-electron chi connectivity index (χ1n) is 13.2. The van der Waals surface area contributed by atoms with Gasteiger partial charge in [0, 0.05) is 52.0 Å². The van der Waals surface area contributed by atoms with Gasteiger partial charge in [-0.25, -0.2) is 9.97 Å². The van der Waals surface area contributed by atoms with Gasteiger partial charge in [0.05, 0.1) is 5.39 Å². The van der Waals surface area contributed by atoms with Crippen LogP contribution in [0.15, 0.2) is 12.5 Å². The molecule has 2 saturated heterocycles. The second-order valence-corrected chi connectivity index (χ2v) is 10.7. The fourth-order valence-electron chi connectivity index (χ4n) is 6.28. The molecule has 2 aliphatic heterocycles. The first kappa shape index (κ1) is 23.5. The number of likely N-dealkylation sites (tertiary alicyclic amines) is 1. The fraction of sp³-hybridized carbons (Fsp3) is 0.731. The summed E-state index contributed by atoms with van der Waals surface area (Å²) in [5.74, 6) is 2.69. The molecular weight excluding hydrogens is 428 g/mol. The SMILES string of the molecule is CN(C)C(=O)C1CCN(C2CCC(CNc3ncnc4[nH]cc(C5CCOCC5)c34)CC2)CC1. The number of rotatable bonds is 6. The smallest absolute Gasteiger partial charge is 0.225 e. The maximum Gasteiger partial charge on any atom is 0.225 e. The quantitative estimate of drug-likeness (QED) is 0.673. The molecule has 34 heavy (non-hydrogen) atoms. The molecule has 1 aliphatic carbocycles. The van der Waals surface area contributed by atoms with Crippen LogP contribution in [0.5, 0.6) is 0 Å². The molecule has 8 heteroatoms. The lowest BCUT2D eigenvalue weighted by Gasteiger charge is -2.41. The van der Waals surface area contributed by atoms with Crippen molar-refractivity contribution in [1.29, 1.82) is 0 Å². The standard InChI is InChI=1S/C26H40N6O2/c1-31(2)26(33)20-7-11-32(12-8-20)21-5-3-18(4-6-21)15-27-24-23-22(19-9-13-34-14-10-19)16-28-25(23)30-17-29-24/h16-21H,3-15H2,1-2H3,(H2,27,28,29,30). The summed E-state index contributed by atoms with van der Waals surface area (Å²) in [5.41, 5.74) is 2.26. The Labute approximate surface area is 202 Å². The zero-order valence-corrected chi connectivity index (χ0v) is 20.8. The Morgan fingerprint density at radius 3 is 2.53 bits per heavy atom. The minimum Gasteiger partial charge on any atom is -0.381 e. The number of H-pyrrole nitrogens is 1. The maximum atomic E-state index is 12.3. The molecule has 3 aliphatic rings. The van der Waals surface area contributed by atoms with E-state index in [2.05, 4.69) is 31.4 Å². The minimum atomic E-state index is 0.218. The summed E-state index contributed by atoms with van der Waals surface area (Å²) in [5, 5.41) is 4.85. The number of ether oxygens (including phenoxy) is 1. The second-order valence-electron chi connectivity index (χ2n) is 10.7. The van der Waals surface area contributed by atoms with E-state index in [1.165, 1.54) is 36.6 Å². The van der Waals surface area contributed by atoms with E-state index in [4.69, 9.17) is 4.74 Å². The van der Waals surface area contributed by atoms with Crippen molar-refractivity contribution in [3.8, 4) is 0 Å². The first-order valence-corrected chi connectivity index (χ1v) is 13.2. The molecule has 5 rings (SSSR count). The van der Waals surface area contributed by atoms with E-state index in [0.717, 1.165) is 70.0 Å². The highest BCUT2D eigenvalue weighted by molar-refractivity contribution is 5.90. The summed E-state index contributed by atoms with van der Waals surface area (Å²) in [6, 6.07) is 0.683. The zero-order chi connectivity index (χ0) is 23.5. The molecule has 2 aromatic rings. The van der Waals surface area contributed by atoms with Crippen molar-refractivity contribution in [2.45, 2.75) is 63.3 Å². The third-order valence-electron chi connectivity index (χ3n) is 8.37. The summed E-state index contributed by atoms with van der Waals surface area (Å²) >= 11 is 0. The van der Waals surface area contributed by atoms with Crippen LogP contribution < -0.4 is 5.32 Å². The van der Waals surface area contributed by atoms with Gasteiger partial charge in [-0.05, 0) is 81.9 Å². The van der Waals surface area contributed by atoms with Crippen LogP contribution in [0.2, 0.25) is 0 Å². The molecule has 0 atom stereocenters. The first-order chi connectivity index (χ1) is 16.6.